The minimum absolute atomic E-state index is 0.0851. The van der Waals surface area contributed by atoms with Crippen LogP contribution < -0.4 is 11.0 Å². The molecule has 0 spiro atoms. The molecule has 10 heteroatoms. The van der Waals surface area contributed by atoms with Crippen LogP contribution in [-0.2, 0) is 18.9 Å². The number of nitrogens with zero attached hydrogens (tertiary/aromatic N) is 2. The molecule has 1 aromatic heterocycles. The first-order valence-electron chi connectivity index (χ1n) is 11.5. The zero-order chi connectivity index (χ0) is 25.3. The minimum atomic E-state index is -0.917. The van der Waals surface area contributed by atoms with Gasteiger partial charge in [-0.3, -0.25) is 9.36 Å². The fourth-order valence-corrected chi connectivity index (χ4v) is 4.29. The van der Waals surface area contributed by atoms with Crippen LogP contribution in [0.4, 0.5) is 5.82 Å². The topological polar surface area (TPSA) is 118 Å². The highest BCUT2D eigenvalue weighted by molar-refractivity contribution is 6.03. The van der Waals surface area contributed by atoms with Crippen molar-refractivity contribution in [3.63, 3.8) is 0 Å². The highest BCUT2D eigenvalue weighted by Gasteiger charge is 2.56. The first-order chi connectivity index (χ1) is 17.3. The van der Waals surface area contributed by atoms with Gasteiger partial charge in [-0.15, -0.1) is 0 Å². The van der Waals surface area contributed by atoms with E-state index in [0.717, 1.165) is 0 Å². The molecule has 186 valence electrons. The average Bonchev–Trinajstić information content (AvgIpc) is 3.36. The number of benzene rings is 2. The standard InChI is InChI=1S/C26H25N3O7/c1-26(2)35-20-18(15-33-24(31)17-11-7-4-8-12-17)34-23(21(20)36-26)29-14-13-19(28-25(29)32)27-22(30)16-9-5-3-6-10-16/h3-14,18,20-21,23H,15H2,1-2H3,(H,27,28,30,32)/t18-,20-,21+,23-/m1/s1. The average molecular weight is 492 g/mol. The van der Waals surface area contributed by atoms with Crippen LogP contribution in [0.2, 0.25) is 0 Å². The number of hydrogen-bond donors (Lipinski definition) is 1. The number of fused-ring (bicyclic) bond motifs is 1. The van der Waals surface area contributed by atoms with Crippen LogP contribution in [0.25, 0.3) is 0 Å². The normalized spacial score (nSPS) is 24.2. The summed E-state index contributed by atoms with van der Waals surface area (Å²) in [7, 11) is 0. The molecule has 0 saturated carbocycles. The van der Waals surface area contributed by atoms with E-state index >= 15 is 0 Å². The zero-order valence-electron chi connectivity index (χ0n) is 19.7. The monoisotopic (exact) mass is 491 g/mol. The number of aromatic nitrogens is 2. The third-order valence-electron chi connectivity index (χ3n) is 5.90. The van der Waals surface area contributed by atoms with Gasteiger partial charge in [0.05, 0.1) is 5.56 Å². The van der Waals surface area contributed by atoms with E-state index in [2.05, 4.69) is 10.3 Å². The fraction of sp³-hybridized carbons (Fsp3) is 0.308. The predicted octanol–water partition coefficient (Wildman–Crippen LogP) is 2.77. The van der Waals surface area contributed by atoms with E-state index < -0.39 is 42.0 Å². The minimum Gasteiger partial charge on any atom is -0.459 e. The van der Waals surface area contributed by atoms with Gasteiger partial charge in [0.15, 0.2) is 12.0 Å². The van der Waals surface area contributed by atoms with Crippen molar-refractivity contribution in [3.05, 3.63) is 94.5 Å². The molecule has 1 N–H and O–H groups in total. The molecule has 10 nitrogen and oxygen atoms in total. The van der Waals surface area contributed by atoms with E-state index in [4.69, 9.17) is 18.9 Å². The lowest BCUT2D eigenvalue weighted by Crippen LogP contribution is -2.35. The maximum atomic E-state index is 12.9. The SMILES string of the molecule is CC1(C)O[C@H]2[C@H](O1)[C@@H](COC(=O)c1ccccc1)O[C@H]2n1ccc(NC(=O)c2ccccc2)nc1=O. The summed E-state index contributed by atoms with van der Waals surface area (Å²) >= 11 is 0. The van der Waals surface area contributed by atoms with E-state index in [1.807, 2.05) is 6.07 Å². The molecule has 3 heterocycles. The van der Waals surface area contributed by atoms with Crippen LogP contribution >= 0.6 is 0 Å². The largest absolute Gasteiger partial charge is 0.459 e. The quantitative estimate of drug-likeness (QED) is 0.523. The van der Waals surface area contributed by atoms with Crippen LogP contribution in [0.3, 0.4) is 0 Å². The first kappa shape index (κ1) is 23.9. The molecule has 0 aliphatic carbocycles. The van der Waals surface area contributed by atoms with Gasteiger partial charge in [0.25, 0.3) is 5.91 Å². The van der Waals surface area contributed by atoms with Crippen molar-refractivity contribution in [2.45, 2.75) is 44.2 Å². The molecular weight excluding hydrogens is 466 g/mol. The maximum Gasteiger partial charge on any atom is 0.351 e. The molecule has 0 unspecified atom stereocenters. The zero-order valence-corrected chi connectivity index (χ0v) is 19.7. The number of carbonyl (C=O) groups is 2. The van der Waals surface area contributed by atoms with Crippen molar-refractivity contribution in [1.82, 2.24) is 9.55 Å². The number of nitrogens with one attached hydrogen (secondary N) is 1. The summed E-state index contributed by atoms with van der Waals surface area (Å²) in [5.41, 5.74) is 0.220. The first-order valence-corrected chi connectivity index (χ1v) is 11.5. The van der Waals surface area contributed by atoms with Crippen LogP contribution in [-0.4, -0.2) is 52.1 Å². The third kappa shape index (κ3) is 4.92. The summed E-state index contributed by atoms with van der Waals surface area (Å²) < 4.78 is 24.8. The summed E-state index contributed by atoms with van der Waals surface area (Å²) in [6, 6.07) is 18.7. The van der Waals surface area contributed by atoms with Gasteiger partial charge >= 0.3 is 11.7 Å². The van der Waals surface area contributed by atoms with Crippen molar-refractivity contribution in [2.75, 3.05) is 11.9 Å². The smallest absolute Gasteiger partial charge is 0.351 e. The molecule has 2 saturated heterocycles. The van der Waals surface area contributed by atoms with Gasteiger partial charge in [-0.1, -0.05) is 36.4 Å². The number of amides is 1. The van der Waals surface area contributed by atoms with Gasteiger partial charge in [-0.2, -0.15) is 4.98 Å². The van der Waals surface area contributed by atoms with Gasteiger partial charge in [0.2, 0.25) is 0 Å². The van der Waals surface area contributed by atoms with Crippen molar-refractivity contribution < 1.29 is 28.5 Å². The number of anilines is 1. The van der Waals surface area contributed by atoms with Gasteiger partial charge in [-0.05, 0) is 44.2 Å². The highest BCUT2D eigenvalue weighted by atomic mass is 16.8. The van der Waals surface area contributed by atoms with Gasteiger partial charge in [0, 0.05) is 11.8 Å². The lowest BCUT2D eigenvalue weighted by molar-refractivity contribution is -0.200. The number of carbonyl (C=O) groups excluding carboxylic acids is 2. The van der Waals surface area contributed by atoms with Crippen molar-refractivity contribution >= 4 is 17.7 Å². The molecule has 36 heavy (non-hydrogen) atoms. The maximum absolute atomic E-state index is 12.9. The summed E-state index contributed by atoms with van der Waals surface area (Å²) in [6.45, 7) is 3.44. The number of esters is 1. The second-order valence-electron chi connectivity index (χ2n) is 8.92. The fourth-order valence-electron chi connectivity index (χ4n) is 4.29. The number of rotatable bonds is 6. The van der Waals surface area contributed by atoms with Crippen LogP contribution in [0.1, 0.15) is 40.8 Å². The molecule has 0 radical (unpaired) electrons. The van der Waals surface area contributed by atoms with E-state index in [0.29, 0.717) is 11.1 Å². The lowest BCUT2D eigenvalue weighted by atomic mass is 10.1. The Morgan fingerprint density at radius 3 is 2.28 bits per heavy atom. The van der Waals surface area contributed by atoms with E-state index in [-0.39, 0.29) is 18.3 Å². The highest BCUT2D eigenvalue weighted by Crippen LogP contribution is 2.42. The second kappa shape index (κ2) is 9.65. The third-order valence-corrected chi connectivity index (χ3v) is 5.90. The Morgan fingerprint density at radius 1 is 0.972 bits per heavy atom. The van der Waals surface area contributed by atoms with Gasteiger partial charge < -0.3 is 24.3 Å². The molecule has 0 bridgehead atoms. The van der Waals surface area contributed by atoms with Crippen molar-refractivity contribution in [2.24, 2.45) is 0 Å². The summed E-state index contributed by atoms with van der Waals surface area (Å²) in [5, 5.41) is 2.62. The molecule has 2 aromatic carbocycles. The Kier molecular flexibility index (Phi) is 6.40. The van der Waals surface area contributed by atoms with Gasteiger partial charge in [0.1, 0.15) is 30.7 Å². The molecule has 2 aliphatic rings. The Labute approximate surface area is 206 Å². The van der Waals surface area contributed by atoms with E-state index in [1.165, 1.54) is 16.8 Å². The van der Waals surface area contributed by atoms with Crippen LogP contribution in [0.5, 0.6) is 0 Å². The Morgan fingerprint density at radius 2 is 1.61 bits per heavy atom. The number of hydrogen-bond acceptors (Lipinski definition) is 8. The Hall–Kier alpha value is -3.86. The van der Waals surface area contributed by atoms with Crippen LogP contribution in [0.15, 0.2) is 77.7 Å². The molecule has 3 aromatic rings. The van der Waals surface area contributed by atoms with E-state index in [9.17, 15) is 14.4 Å². The molecule has 2 fully saturated rings. The molecular formula is C26H25N3O7. The molecule has 4 atom stereocenters. The lowest BCUT2D eigenvalue weighted by Gasteiger charge is -2.24. The molecule has 1 amide bonds. The van der Waals surface area contributed by atoms with Crippen LogP contribution in [0, 0.1) is 0 Å². The number of ether oxygens (including phenoxy) is 4. The predicted molar refractivity (Wildman–Crippen MR) is 127 cm³/mol. The van der Waals surface area contributed by atoms with Crippen molar-refractivity contribution in [1.29, 1.82) is 0 Å². The second-order valence-corrected chi connectivity index (χ2v) is 8.92. The Balaban J connectivity index is 1.32. The summed E-state index contributed by atoms with van der Waals surface area (Å²) in [4.78, 5) is 41.7. The molecule has 5 rings (SSSR count). The van der Waals surface area contributed by atoms with E-state index in [1.54, 1.807) is 68.4 Å². The van der Waals surface area contributed by atoms with Gasteiger partial charge in [-0.25, -0.2) is 9.59 Å². The van der Waals surface area contributed by atoms with Crippen molar-refractivity contribution in [3.8, 4) is 0 Å². The summed E-state index contributed by atoms with van der Waals surface area (Å²) in [5.74, 6) is -1.68. The Bertz CT molecular complexity index is 1310. The molecule has 2 aliphatic heterocycles. The summed E-state index contributed by atoms with van der Waals surface area (Å²) in [6.07, 6.45) is -1.26.